The predicted molar refractivity (Wildman–Crippen MR) is 40.7 cm³/mol. The molecule has 4 unspecified atom stereocenters. The number of fused-ring (bicyclic) bond motifs is 2. The Hall–Kier alpha value is -0.0400. The molecular formula is C9H15N. The summed E-state index contributed by atoms with van der Waals surface area (Å²) in [6, 6.07) is 2.00. The van der Waals surface area contributed by atoms with E-state index in [0.717, 1.165) is 29.8 Å². The van der Waals surface area contributed by atoms with Crippen LogP contribution in [0.3, 0.4) is 0 Å². The Kier molecular flexibility index (Phi) is 0.797. The van der Waals surface area contributed by atoms with Crippen LogP contribution in [0.25, 0.3) is 0 Å². The first-order valence-electron chi connectivity index (χ1n) is 4.51. The van der Waals surface area contributed by atoms with E-state index in [4.69, 9.17) is 0 Å². The van der Waals surface area contributed by atoms with Crippen LogP contribution < -0.4 is 0 Å². The average Bonchev–Trinajstić information content (AvgIpc) is 2.77. The maximum absolute atomic E-state index is 2.63. The Morgan fingerprint density at radius 3 is 2.10 bits per heavy atom. The summed E-state index contributed by atoms with van der Waals surface area (Å²) in [5.74, 6) is 3.24. The van der Waals surface area contributed by atoms with Gasteiger partial charge in [-0.05, 0) is 37.6 Å². The van der Waals surface area contributed by atoms with Crippen LogP contribution in [-0.2, 0) is 0 Å². The lowest BCUT2D eigenvalue weighted by Gasteiger charge is -2.25. The second kappa shape index (κ2) is 1.42. The van der Waals surface area contributed by atoms with E-state index < -0.39 is 0 Å². The fraction of sp³-hybridized carbons (Fsp3) is 1.00. The molecule has 0 N–H and O–H groups in total. The van der Waals surface area contributed by atoms with Gasteiger partial charge >= 0.3 is 0 Å². The summed E-state index contributed by atoms with van der Waals surface area (Å²) in [5.41, 5.74) is 0. The molecule has 0 spiro atoms. The van der Waals surface area contributed by atoms with Crippen molar-refractivity contribution in [2.75, 3.05) is 7.05 Å². The topological polar surface area (TPSA) is 3.24 Å². The van der Waals surface area contributed by atoms with Gasteiger partial charge < -0.3 is 0 Å². The molecule has 56 valence electrons. The molecule has 4 atom stereocenters. The highest BCUT2D eigenvalue weighted by molar-refractivity contribution is 5.13. The zero-order valence-electron chi connectivity index (χ0n) is 6.75. The summed E-state index contributed by atoms with van der Waals surface area (Å²) in [4.78, 5) is 2.63. The van der Waals surface area contributed by atoms with Crippen molar-refractivity contribution in [3.8, 4) is 0 Å². The number of rotatable bonds is 0. The summed E-state index contributed by atoms with van der Waals surface area (Å²) < 4.78 is 0. The van der Waals surface area contributed by atoms with Gasteiger partial charge in [-0.1, -0.05) is 6.92 Å². The van der Waals surface area contributed by atoms with Crippen LogP contribution in [0.2, 0.25) is 0 Å². The Labute approximate surface area is 62.4 Å². The minimum Gasteiger partial charge on any atom is -0.300 e. The normalized spacial score (nSPS) is 64.8. The van der Waals surface area contributed by atoms with Crippen LogP contribution in [-0.4, -0.2) is 24.0 Å². The summed E-state index contributed by atoms with van der Waals surface area (Å²) in [5, 5.41) is 0. The van der Waals surface area contributed by atoms with Crippen LogP contribution in [0.1, 0.15) is 19.8 Å². The lowest BCUT2D eigenvalue weighted by molar-refractivity contribution is 0.209. The van der Waals surface area contributed by atoms with Gasteiger partial charge in [0.05, 0.1) is 0 Å². The summed E-state index contributed by atoms with van der Waals surface area (Å²) in [6.07, 6.45) is 3.01. The van der Waals surface area contributed by atoms with Gasteiger partial charge in [-0.15, -0.1) is 0 Å². The Bertz CT molecular complexity index is 142. The van der Waals surface area contributed by atoms with Crippen molar-refractivity contribution >= 4 is 0 Å². The van der Waals surface area contributed by atoms with E-state index in [-0.39, 0.29) is 0 Å². The molecule has 2 aliphatic carbocycles. The quantitative estimate of drug-likeness (QED) is 0.487. The molecule has 0 aromatic rings. The largest absolute Gasteiger partial charge is 0.300 e. The highest BCUT2D eigenvalue weighted by Crippen LogP contribution is 2.59. The van der Waals surface area contributed by atoms with Crippen LogP contribution in [0, 0.1) is 17.8 Å². The van der Waals surface area contributed by atoms with Gasteiger partial charge in [-0.3, -0.25) is 4.90 Å². The maximum Gasteiger partial charge on any atom is 0.0130 e. The molecule has 2 saturated carbocycles. The molecule has 1 aliphatic heterocycles. The molecule has 10 heavy (non-hydrogen) atoms. The molecule has 0 aromatic carbocycles. The number of hydrogen-bond donors (Lipinski definition) is 0. The fourth-order valence-corrected chi connectivity index (χ4v) is 3.03. The summed E-state index contributed by atoms with van der Waals surface area (Å²) in [7, 11) is 2.32. The number of hydrogen-bond acceptors (Lipinski definition) is 1. The van der Waals surface area contributed by atoms with E-state index in [2.05, 4.69) is 18.9 Å². The Morgan fingerprint density at radius 1 is 1.10 bits per heavy atom. The standard InChI is InChI=1S/C9H15N/c1-5-6-3-8(6)10(2)9-4-7(5)9/h5-9H,3-4H2,1-2H3. The smallest absolute Gasteiger partial charge is 0.0130 e. The highest BCUT2D eigenvalue weighted by Gasteiger charge is 2.60. The van der Waals surface area contributed by atoms with Gasteiger partial charge in [-0.2, -0.15) is 0 Å². The maximum atomic E-state index is 2.63. The van der Waals surface area contributed by atoms with Gasteiger partial charge in [-0.25, -0.2) is 0 Å². The summed E-state index contributed by atoms with van der Waals surface area (Å²) in [6.45, 7) is 2.46. The van der Waals surface area contributed by atoms with Gasteiger partial charge in [0.2, 0.25) is 0 Å². The van der Waals surface area contributed by atoms with E-state index in [1.165, 1.54) is 12.8 Å². The molecule has 3 rings (SSSR count). The van der Waals surface area contributed by atoms with Crippen molar-refractivity contribution in [2.45, 2.75) is 31.8 Å². The van der Waals surface area contributed by atoms with Crippen molar-refractivity contribution in [2.24, 2.45) is 17.8 Å². The molecule has 3 fully saturated rings. The number of likely N-dealkylation sites (tertiary alicyclic amines) is 1. The first kappa shape index (κ1) is 5.59. The first-order valence-corrected chi connectivity index (χ1v) is 4.51. The van der Waals surface area contributed by atoms with Crippen LogP contribution in [0.5, 0.6) is 0 Å². The van der Waals surface area contributed by atoms with E-state index in [9.17, 15) is 0 Å². The molecular weight excluding hydrogens is 122 g/mol. The number of nitrogens with zero attached hydrogens (tertiary/aromatic N) is 1. The third-order valence-electron chi connectivity index (χ3n) is 4.01. The minimum atomic E-state index is 0.999. The molecule has 3 aliphatic rings. The monoisotopic (exact) mass is 137 g/mol. The Morgan fingerprint density at radius 2 is 1.60 bits per heavy atom. The lowest BCUT2D eigenvalue weighted by Crippen LogP contribution is -2.32. The minimum absolute atomic E-state index is 0.999. The predicted octanol–water partition coefficient (Wildman–Crippen LogP) is 1.34. The molecule has 1 heterocycles. The van der Waals surface area contributed by atoms with E-state index in [1.807, 2.05) is 0 Å². The number of piperidine rings is 1. The Balaban J connectivity index is 1.88. The SMILES string of the molecule is CC1C2CC2N(C)C2CC12. The van der Waals surface area contributed by atoms with Crippen LogP contribution in [0.15, 0.2) is 0 Å². The van der Waals surface area contributed by atoms with Crippen LogP contribution >= 0.6 is 0 Å². The second-order valence-corrected chi connectivity index (χ2v) is 4.46. The van der Waals surface area contributed by atoms with Crippen molar-refractivity contribution in [3.63, 3.8) is 0 Å². The zero-order chi connectivity index (χ0) is 6.88. The molecule has 1 saturated heterocycles. The van der Waals surface area contributed by atoms with Gasteiger partial charge in [0.15, 0.2) is 0 Å². The summed E-state index contributed by atoms with van der Waals surface area (Å²) >= 11 is 0. The molecule has 1 nitrogen and oxygen atoms in total. The van der Waals surface area contributed by atoms with Crippen molar-refractivity contribution in [1.29, 1.82) is 0 Å². The molecule has 0 amide bonds. The van der Waals surface area contributed by atoms with E-state index in [1.54, 1.807) is 0 Å². The van der Waals surface area contributed by atoms with Gasteiger partial charge in [0.1, 0.15) is 0 Å². The van der Waals surface area contributed by atoms with E-state index >= 15 is 0 Å². The van der Waals surface area contributed by atoms with Crippen molar-refractivity contribution in [3.05, 3.63) is 0 Å². The van der Waals surface area contributed by atoms with Crippen molar-refractivity contribution in [1.82, 2.24) is 4.90 Å². The fourth-order valence-electron chi connectivity index (χ4n) is 3.03. The van der Waals surface area contributed by atoms with Gasteiger partial charge in [0.25, 0.3) is 0 Å². The third kappa shape index (κ3) is 0.493. The first-order chi connectivity index (χ1) is 4.79. The molecule has 0 aromatic heterocycles. The lowest BCUT2D eigenvalue weighted by atomic mass is 9.97. The second-order valence-electron chi connectivity index (χ2n) is 4.46. The third-order valence-corrected chi connectivity index (χ3v) is 4.01. The van der Waals surface area contributed by atoms with Crippen molar-refractivity contribution < 1.29 is 0 Å². The highest BCUT2D eigenvalue weighted by atomic mass is 15.2. The van der Waals surface area contributed by atoms with Crippen LogP contribution in [0.4, 0.5) is 0 Å². The van der Waals surface area contributed by atoms with E-state index in [0.29, 0.717) is 0 Å². The average molecular weight is 137 g/mol. The zero-order valence-corrected chi connectivity index (χ0v) is 6.75. The molecule has 0 radical (unpaired) electrons. The van der Waals surface area contributed by atoms with Gasteiger partial charge in [0, 0.05) is 12.1 Å². The molecule has 1 heteroatoms. The molecule has 0 bridgehead atoms.